The molecule has 1 heterocycles. The minimum atomic E-state index is -0.456. The van der Waals surface area contributed by atoms with Crippen LogP contribution in [0, 0.1) is 0 Å². The van der Waals surface area contributed by atoms with E-state index in [1.54, 1.807) is 30.1 Å². The van der Waals surface area contributed by atoms with E-state index in [1.807, 2.05) is 36.4 Å². The van der Waals surface area contributed by atoms with E-state index in [-0.39, 0.29) is 11.8 Å². The molecule has 0 spiro atoms. The van der Waals surface area contributed by atoms with Crippen molar-refractivity contribution in [2.45, 2.75) is 12.5 Å². The molecule has 0 saturated carbocycles. The van der Waals surface area contributed by atoms with E-state index in [0.29, 0.717) is 24.3 Å². The first-order valence-electron chi connectivity index (χ1n) is 7.90. The minimum absolute atomic E-state index is 0.0491. The number of carbonyl (C=O) groups is 2. The van der Waals surface area contributed by atoms with Crippen LogP contribution in [0.3, 0.4) is 0 Å². The standard InChI is InChI=1S/C19H20N2O3/c1-20(18(22)15-10-6-7-11-17(15)24-2)16-12-13-21(19(16)23)14-8-4-3-5-9-14/h3-11,16H,12-13H2,1-2H3. The van der Waals surface area contributed by atoms with Gasteiger partial charge in [-0.3, -0.25) is 9.59 Å². The molecule has 1 aliphatic heterocycles. The van der Waals surface area contributed by atoms with Crippen LogP contribution in [0.5, 0.6) is 5.75 Å². The molecule has 2 aromatic carbocycles. The minimum Gasteiger partial charge on any atom is -0.496 e. The fourth-order valence-corrected chi connectivity index (χ4v) is 3.04. The molecular formula is C19H20N2O3. The monoisotopic (exact) mass is 324 g/mol. The van der Waals surface area contributed by atoms with Crippen LogP contribution < -0.4 is 9.64 Å². The lowest BCUT2D eigenvalue weighted by molar-refractivity contribution is -0.120. The molecule has 124 valence electrons. The number of nitrogens with zero attached hydrogens (tertiary/aromatic N) is 2. The molecule has 0 bridgehead atoms. The van der Waals surface area contributed by atoms with E-state index in [4.69, 9.17) is 4.74 Å². The summed E-state index contributed by atoms with van der Waals surface area (Å²) in [5.74, 6) is 0.257. The van der Waals surface area contributed by atoms with Gasteiger partial charge in [0, 0.05) is 19.3 Å². The Bertz CT molecular complexity index is 745. The molecule has 1 saturated heterocycles. The second-order valence-corrected chi connectivity index (χ2v) is 5.75. The predicted molar refractivity (Wildman–Crippen MR) is 92.3 cm³/mol. The van der Waals surface area contributed by atoms with Crippen molar-refractivity contribution in [1.82, 2.24) is 4.90 Å². The summed E-state index contributed by atoms with van der Waals surface area (Å²) in [4.78, 5) is 28.8. The molecule has 1 fully saturated rings. The first-order valence-corrected chi connectivity index (χ1v) is 7.90. The van der Waals surface area contributed by atoms with E-state index < -0.39 is 6.04 Å². The Balaban J connectivity index is 1.79. The summed E-state index contributed by atoms with van der Waals surface area (Å²) in [6.45, 7) is 0.608. The Morgan fingerprint density at radius 3 is 2.50 bits per heavy atom. The Morgan fingerprint density at radius 1 is 1.12 bits per heavy atom. The van der Waals surface area contributed by atoms with Gasteiger partial charge in [-0.15, -0.1) is 0 Å². The van der Waals surface area contributed by atoms with Gasteiger partial charge in [0.2, 0.25) is 5.91 Å². The second kappa shape index (κ2) is 6.74. The van der Waals surface area contributed by atoms with Crippen LogP contribution in [0.4, 0.5) is 5.69 Å². The highest BCUT2D eigenvalue weighted by Crippen LogP contribution is 2.26. The molecule has 0 aromatic heterocycles. The van der Waals surface area contributed by atoms with Crippen molar-refractivity contribution in [3.05, 3.63) is 60.2 Å². The summed E-state index contributed by atoms with van der Waals surface area (Å²) >= 11 is 0. The van der Waals surface area contributed by atoms with Gasteiger partial charge < -0.3 is 14.5 Å². The summed E-state index contributed by atoms with van der Waals surface area (Å²) in [6.07, 6.45) is 0.616. The molecule has 5 heteroatoms. The summed E-state index contributed by atoms with van der Waals surface area (Å²) < 4.78 is 5.25. The van der Waals surface area contributed by atoms with Crippen molar-refractivity contribution < 1.29 is 14.3 Å². The van der Waals surface area contributed by atoms with Crippen molar-refractivity contribution in [2.24, 2.45) is 0 Å². The van der Waals surface area contributed by atoms with Crippen molar-refractivity contribution in [3.8, 4) is 5.75 Å². The van der Waals surface area contributed by atoms with E-state index in [9.17, 15) is 9.59 Å². The number of hydrogen-bond acceptors (Lipinski definition) is 3. The van der Waals surface area contributed by atoms with E-state index in [2.05, 4.69) is 0 Å². The van der Waals surface area contributed by atoms with Crippen molar-refractivity contribution in [2.75, 3.05) is 25.6 Å². The highest BCUT2D eigenvalue weighted by atomic mass is 16.5. The molecule has 1 atom stereocenters. The number of amides is 2. The summed E-state index contributed by atoms with van der Waals surface area (Å²) in [7, 11) is 3.20. The van der Waals surface area contributed by atoms with Crippen LogP contribution in [-0.4, -0.2) is 43.5 Å². The quantitative estimate of drug-likeness (QED) is 0.868. The van der Waals surface area contributed by atoms with Crippen LogP contribution >= 0.6 is 0 Å². The molecule has 0 radical (unpaired) electrons. The van der Waals surface area contributed by atoms with Crippen molar-refractivity contribution in [1.29, 1.82) is 0 Å². The van der Waals surface area contributed by atoms with Gasteiger partial charge in [0.05, 0.1) is 12.7 Å². The van der Waals surface area contributed by atoms with E-state index in [0.717, 1.165) is 5.69 Å². The molecule has 0 aliphatic carbocycles. The fourth-order valence-electron chi connectivity index (χ4n) is 3.04. The number of para-hydroxylation sites is 2. The van der Waals surface area contributed by atoms with Crippen LogP contribution in [0.25, 0.3) is 0 Å². The second-order valence-electron chi connectivity index (χ2n) is 5.75. The number of carbonyl (C=O) groups excluding carboxylic acids is 2. The van der Waals surface area contributed by atoms with Gasteiger partial charge >= 0.3 is 0 Å². The molecule has 24 heavy (non-hydrogen) atoms. The molecule has 1 aliphatic rings. The Morgan fingerprint density at radius 2 is 1.79 bits per heavy atom. The number of ether oxygens (including phenoxy) is 1. The van der Waals surface area contributed by atoms with Crippen LogP contribution in [-0.2, 0) is 4.79 Å². The lowest BCUT2D eigenvalue weighted by Crippen LogP contribution is -2.43. The molecule has 0 N–H and O–H groups in total. The van der Waals surface area contributed by atoms with Crippen LogP contribution in [0.2, 0.25) is 0 Å². The summed E-state index contributed by atoms with van der Waals surface area (Å²) in [5, 5.41) is 0. The molecule has 2 aromatic rings. The Labute approximate surface area is 141 Å². The zero-order valence-electron chi connectivity index (χ0n) is 13.8. The first kappa shape index (κ1) is 16.1. The molecule has 2 amide bonds. The smallest absolute Gasteiger partial charge is 0.258 e. The van der Waals surface area contributed by atoms with Gasteiger partial charge in [0.15, 0.2) is 0 Å². The average molecular weight is 324 g/mol. The fraction of sp³-hybridized carbons (Fsp3) is 0.263. The highest BCUT2D eigenvalue weighted by molar-refractivity contribution is 6.04. The normalized spacial score (nSPS) is 17.0. The number of methoxy groups -OCH3 is 1. The van der Waals surface area contributed by atoms with Crippen molar-refractivity contribution in [3.63, 3.8) is 0 Å². The van der Waals surface area contributed by atoms with E-state index >= 15 is 0 Å². The number of hydrogen-bond donors (Lipinski definition) is 0. The molecule has 5 nitrogen and oxygen atoms in total. The third-order valence-electron chi connectivity index (χ3n) is 4.37. The number of rotatable bonds is 4. The van der Waals surface area contributed by atoms with Crippen LogP contribution in [0.1, 0.15) is 16.8 Å². The van der Waals surface area contributed by atoms with Crippen molar-refractivity contribution >= 4 is 17.5 Å². The maximum Gasteiger partial charge on any atom is 0.258 e. The van der Waals surface area contributed by atoms with Gasteiger partial charge in [-0.05, 0) is 30.7 Å². The van der Waals surface area contributed by atoms with Gasteiger partial charge in [0.25, 0.3) is 5.91 Å². The van der Waals surface area contributed by atoms with Gasteiger partial charge in [-0.25, -0.2) is 0 Å². The maximum atomic E-state index is 12.8. The van der Waals surface area contributed by atoms with E-state index in [1.165, 1.54) is 12.0 Å². The average Bonchev–Trinajstić information content (AvgIpc) is 3.02. The van der Waals surface area contributed by atoms with Gasteiger partial charge in [-0.1, -0.05) is 30.3 Å². The first-order chi connectivity index (χ1) is 11.6. The third kappa shape index (κ3) is 2.85. The topological polar surface area (TPSA) is 49.9 Å². The lowest BCUT2D eigenvalue weighted by atomic mass is 10.1. The molecule has 3 rings (SSSR count). The number of anilines is 1. The van der Waals surface area contributed by atoms with Gasteiger partial charge in [-0.2, -0.15) is 0 Å². The SMILES string of the molecule is COc1ccccc1C(=O)N(C)C1CCN(c2ccccc2)C1=O. The third-order valence-corrected chi connectivity index (χ3v) is 4.37. The summed E-state index contributed by atoms with van der Waals surface area (Å²) in [5.41, 5.74) is 1.33. The zero-order chi connectivity index (χ0) is 17.1. The summed E-state index contributed by atoms with van der Waals surface area (Å²) in [6, 6.07) is 16.1. The largest absolute Gasteiger partial charge is 0.496 e. The van der Waals surface area contributed by atoms with Gasteiger partial charge in [0.1, 0.15) is 11.8 Å². The zero-order valence-corrected chi connectivity index (χ0v) is 13.8. The maximum absolute atomic E-state index is 12.8. The Hall–Kier alpha value is -2.82. The lowest BCUT2D eigenvalue weighted by Gasteiger charge is -2.24. The number of likely N-dealkylation sites (N-methyl/N-ethyl adjacent to an activating group) is 1. The predicted octanol–water partition coefficient (Wildman–Crippen LogP) is 2.57. The molecular weight excluding hydrogens is 304 g/mol. The highest BCUT2D eigenvalue weighted by Gasteiger charge is 2.37. The number of benzene rings is 2. The molecule has 1 unspecified atom stereocenters. The Kier molecular flexibility index (Phi) is 4.51. The van der Waals surface area contributed by atoms with Crippen LogP contribution in [0.15, 0.2) is 54.6 Å².